The molecule has 2 aliphatic rings. The Morgan fingerprint density at radius 1 is 1.18 bits per heavy atom. The molecule has 0 saturated heterocycles. The molecule has 33 heavy (non-hydrogen) atoms. The van der Waals surface area contributed by atoms with E-state index in [-0.39, 0.29) is 11.4 Å². The van der Waals surface area contributed by atoms with Gasteiger partial charge in [0.15, 0.2) is 5.84 Å². The highest BCUT2D eigenvalue weighted by Crippen LogP contribution is 2.32. The SMILES string of the molecule is CCCC1=NN2C(=N)C(=Cc3cn(Cc4ccc(Cl)cc4Cl)c4ccccc34)C(=O)N=C2S1. The topological polar surface area (TPSA) is 73.8 Å². The van der Waals surface area contributed by atoms with Crippen molar-refractivity contribution in [2.75, 3.05) is 0 Å². The zero-order valence-corrected chi connectivity index (χ0v) is 20.0. The van der Waals surface area contributed by atoms with E-state index in [1.165, 1.54) is 16.8 Å². The van der Waals surface area contributed by atoms with Crippen molar-refractivity contribution in [2.24, 2.45) is 10.1 Å². The average molecular weight is 496 g/mol. The summed E-state index contributed by atoms with van der Waals surface area (Å²) in [5.74, 6) is -0.384. The van der Waals surface area contributed by atoms with Crippen molar-refractivity contribution in [1.29, 1.82) is 5.41 Å². The zero-order valence-electron chi connectivity index (χ0n) is 17.7. The predicted octanol–water partition coefficient (Wildman–Crippen LogP) is 6.42. The molecule has 0 spiro atoms. The maximum atomic E-state index is 12.8. The van der Waals surface area contributed by atoms with Crippen molar-refractivity contribution in [3.05, 3.63) is 75.4 Å². The highest BCUT2D eigenvalue weighted by atomic mass is 35.5. The summed E-state index contributed by atoms with van der Waals surface area (Å²) in [5.41, 5.74) is 2.97. The Balaban J connectivity index is 1.54. The number of nitrogens with one attached hydrogen (secondary N) is 1. The van der Waals surface area contributed by atoms with Crippen molar-refractivity contribution in [2.45, 2.75) is 26.3 Å². The van der Waals surface area contributed by atoms with Crippen LogP contribution in [0.1, 0.15) is 30.9 Å². The van der Waals surface area contributed by atoms with E-state index in [1.807, 2.05) is 42.6 Å². The van der Waals surface area contributed by atoms with Crippen LogP contribution in [0.5, 0.6) is 0 Å². The first-order valence-corrected chi connectivity index (χ1v) is 12.0. The second kappa shape index (κ2) is 8.82. The third kappa shape index (κ3) is 4.12. The molecule has 0 radical (unpaired) electrons. The lowest BCUT2D eigenvalue weighted by Crippen LogP contribution is -2.35. The van der Waals surface area contributed by atoms with E-state index < -0.39 is 5.91 Å². The number of halogens is 2. The third-order valence-corrected chi connectivity index (χ3v) is 6.99. The van der Waals surface area contributed by atoms with Gasteiger partial charge in [0.05, 0.1) is 5.57 Å². The minimum atomic E-state index is -0.427. The van der Waals surface area contributed by atoms with E-state index in [2.05, 4.69) is 21.6 Å². The van der Waals surface area contributed by atoms with Crippen molar-refractivity contribution < 1.29 is 4.79 Å². The number of thioether (sulfide) groups is 1. The van der Waals surface area contributed by atoms with E-state index in [0.717, 1.165) is 39.9 Å². The van der Waals surface area contributed by atoms with Crippen molar-refractivity contribution >= 4 is 73.9 Å². The highest BCUT2D eigenvalue weighted by Gasteiger charge is 2.35. The fraction of sp³-hybridized carbons (Fsp3) is 0.167. The second-order valence-electron chi connectivity index (χ2n) is 7.73. The molecular formula is C24H19Cl2N5OS. The van der Waals surface area contributed by atoms with Crippen LogP contribution in [0.15, 0.2) is 64.3 Å². The van der Waals surface area contributed by atoms with Crippen molar-refractivity contribution in [1.82, 2.24) is 9.58 Å². The van der Waals surface area contributed by atoms with E-state index >= 15 is 0 Å². The largest absolute Gasteiger partial charge is 0.342 e. The summed E-state index contributed by atoms with van der Waals surface area (Å²) in [4.78, 5) is 17.0. The van der Waals surface area contributed by atoms with Crippen molar-refractivity contribution in [3.63, 3.8) is 0 Å². The molecule has 1 amide bonds. The lowest BCUT2D eigenvalue weighted by atomic mass is 10.1. The number of fused-ring (bicyclic) bond motifs is 2. The van der Waals surface area contributed by atoms with E-state index in [4.69, 9.17) is 28.6 Å². The molecule has 0 fully saturated rings. The van der Waals surface area contributed by atoms with Crippen LogP contribution in [0.25, 0.3) is 17.0 Å². The first-order valence-electron chi connectivity index (χ1n) is 10.5. The lowest BCUT2D eigenvalue weighted by Gasteiger charge is -2.20. The number of carbonyl (C=O) groups excluding carboxylic acids is 1. The summed E-state index contributed by atoms with van der Waals surface area (Å²) >= 11 is 13.8. The Morgan fingerprint density at radius 2 is 2.00 bits per heavy atom. The number of aliphatic imine (C=N–C) groups is 1. The van der Waals surface area contributed by atoms with Crippen LogP contribution in [0.2, 0.25) is 10.0 Å². The molecule has 6 nitrogen and oxygen atoms in total. The van der Waals surface area contributed by atoms with Crippen LogP contribution in [-0.4, -0.2) is 31.5 Å². The smallest absolute Gasteiger partial charge is 0.283 e. The molecule has 0 unspecified atom stereocenters. The number of carbonyl (C=O) groups is 1. The summed E-state index contributed by atoms with van der Waals surface area (Å²) in [7, 11) is 0. The molecule has 0 bridgehead atoms. The maximum Gasteiger partial charge on any atom is 0.283 e. The molecule has 0 aliphatic carbocycles. The normalized spacial score (nSPS) is 17.1. The minimum Gasteiger partial charge on any atom is -0.342 e. The number of nitrogens with zero attached hydrogens (tertiary/aromatic N) is 4. The van der Waals surface area contributed by atoms with Gasteiger partial charge in [0.25, 0.3) is 5.91 Å². The molecule has 5 rings (SSSR count). The van der Waals surface area contributed by atoms with Gasteiger partial charge in [-0.2, -0.15) is 15.1 Å². The van der Waals surface area contributed by atoms with Gasteiger partial charge >= 0.3 is 0 Å². The summed E-state index contributed by atoms with van der Waals surface area (Å²) in [5, 5.41) is 18.0. The number of aromatic nitrogens is 1. The standard InChI is InChI=1S/C24H19Cl2N5OS/c1-2-5-21-29-31-22(27)18(23(32)28-24(31)33-21)10-15-13-30(20-7-4-3-6-17(15)20)12-14-8-9-16(25)11-19(14)26/h3-4,6-11,13,27H,2,5,12H2,1H3. The maximum absolute atomic E-state index is 12.8. The van der Waals surface area contributed by atoms with Crippen molar-refractivity contribution in [3.8, 4) is 0 Å². The molecule has 2 aliphatic heterocycles. The molecule has 2 aromatic carbocycles. The number of para-hydroxylation sites is 1. The number of amidine groups is 2. The van der Waals surface area contributed by atoms with Crippen LogP contribution in [0, 0.1) is 5.41 Å². The summed E-state index contributed by atoms with van der Waals surface area (Å²) in [6.07, 6.45) is 5.42. The third-order valence-electron chi connectivity index (χ3n) is 5.44. The molecule has 0 atom stereocenters. The first-order chi connectivity index (χ1) is 15.9. The number of rotatable bonds is 5. The number of hydrazone groups is 1. The van der Waals surface area contributed by atoms with E-state index in [1.54, 1.807) is 12.1 Å². The fourth-order valence-electron chi connectivity index (χ4n) is 3.86. The Labute approximate surface area is 205 Å². The summed E-state index contributed by atoms with van der Waals surface area (Å²) in [6, 6.07) is 13.4. The zero-order chi connectivity index (χ0) is 23.1. The number of hydrogen-bond donors (Lipinski definition) is 1. The number of amides is 1. The van der Waals surface area contributed by atoms with Gasteiger partial charge in [-0.3, -0.25) is 10.2 Å². The Kier molecular flexibility index (Phi) is 5.86. The van der Waals surface area contributed by atoms with Gasteiger partial charge in [0, 0.05) is 39.3 Å². The molecule has 1 N–H and O–H groups in total. The molecule has 3 heterocycles. The van der Waals surface area contributed by atoms with Crippen LogP contribution in [-0.2, 0) is 11.3 Å². The quantitative estimate of drug-likeness (QED) is 0.415. The van der Waals surface area contributed by atoms with Gasteiger partial charge in [-0.25, -0.2) is 0 Å². The van der Waals surface area contributed by atoms with Gasteiger partial charge in [0.2, 0.25) is 5.17 Å². The Hall–Kier alpha value is -2.87. The van der Waals surface area contributed by atoms with E-state index in [0.29, 0.717) is 21.8 Å². The Bertz CT molecular complexity index is 1410. The monoisotopic (exact) mass is 495 g/mol. The average Bonchev–Trinajstić information content (AvgIpc) is 3.35. The van der Waals surface area contributed by atoms with E-state index in [9.17, 15) is 4.79 Å². The molecule has 166 valence electrons. The van der Waals surface area contributed by atoms with Gasteiger partial charge in [-0.1, -0.05) is 54.4 Å². The van der Waals surface area contributed by atoms with Crippen LogP contribution >= 0.6 is 35.0 Å². The minimum absolute atomic E-state index is 0.0428. The second-order valence-corrected chi connectivity index (χ2v) is 9.61. The summed E-state index contributed by atoms with van der Waals surface area (Å²) in [6.45, 7) is 2.61. The molecule has 9 heteroatoms. The first kappa shape index (κ1) is 21.9. The molecule has 0 saturated carbocycles. The fourth-order valence-corrected chi connectivity index (χ4v) is 5.31. The Morgan fingerprint density at radius 3 is 2.79 bits per heavy atom. The predicted molar refractivity (Wildman–Crippen MR) is 137 cm³/mol. The highest BCUT2D eigenvalue weighted by molar-refractivity contribution is 8.26. The number of hydrogen-bond acceptors (Lipinski definition) is 4. The lowest BCUT2D eigenvalue weighted by molar-refractivity contribution is -0.114. The van der Waals surface area contributed by atoms with Gasteiger partial charge < -0.3 is 4.57 Å². The summed E-state index contributed by atoms with van der Waals surface area (Å²) < 4.78 is 2.08. The van der Waals surface area contributed by atoms with Crippen LogP contribution in [0.3, 0.4) is 0 Å². The van der Waals surface area contributed by atoms with Gasteiger partial charge in [-0.05, 0) is 54.4 Å². The molecule has 3 aromatic rings. The molecular weight excluding hydrogens is 477 g/mol. The van der Waals surface area contributed by atoms with Gasteiger partial charge in [0.1, 0.15) is 5.04 Å². The van der Waals surface area contributed by atoms with Crippen LogP contribution < -0.4 is 0 Å². The van der Waals surface area contributed by atoms with Crippen LogP contribution in [0.4, 0.5) is 0 Å². The van der Waals surface area contributed by atoms with Gasteiger partial charge in [-0.15, -0.1) is 0 Å². The molecule has 1 aromatic heterocycles. The number of benzene rings is 2.